The number of rotatable bonds is 25. The molecule has 22 heteroatoms. The Hall–Kier alpha value is -7.27. The highest BCUT2D eigenvalue weighted by Crippen LogP contribution is 2.39. The lowest BCUT2D eigenvalue weighted by molar-refractivity contribution is -0.371. The molecule has 3 saturated heterocycles. The number of hydrogen-bond acceptors (Lipinski definition) is 18. The lowest BCUT2D eigenvalue weighted by Crippen LogP contribution is -2.67. The van der Waals surface area contributed by atoms with Gasteiger partial charge in [-0.1, -0.05) is 145 Å². The highest BCUT2D eigenvalue weighted by molar-refractivity contribution is 5.89. The van der Waals surface area contributed by atoms with Gasteiger partial charge in [0, 0.05) is 31.0 Å². The van der Waals surface area contributed by atoms with Gasteiger partial charge in [-0.25, -0.2) is 9.59 Å². The lowest BCUT2D eigenvalue weighted by atomic mass is 9.93. The van der Waals surface area contributed by atoms with Crippen LogP contribution in [0.4, 0.5) is 0 Å². The maximum atomic E-state index is 14.6. The van der Waals surface area contributed by atoms with Gasteiger partial charge in [0.1, 0.15) is 74.1 Å². The van der Waals surface area contributed by atoms with Gasteiger partial charge < -0.3 is 61.6 Å². The van der Waals surface area contributed by atoms with Gasteiger partial charge in [-0.05, 0) is 58.4 Å². The van der Waals surface area contributed by atoms with Crippen molar-refractivity contribution in [3.63, 3.8) is 0 Å². The SMILES string of the molecule is CCC1OC(OC)[C@@H](N=[N+]=[N-])[C@@H](OCc2ccccc2)C1O[C@@H]1O[C@@H](COC(C)=O)[C@@H](OC2OC(COC(=O)c3ccccc3)C(OC)[C@H](OCc3ccccc3)[C@@H]2N=[N+]=[N-])C(OCc2ccccc2)C1OC(=O)c1ccccc1. The third kappa shape index (κ3) is 15.3. The second-order valence-corrected chi connectivity index (χ2v) is 18.9. The monoisotopic (exact) mass is 1100 g/mol. The van der Waals surface area contributed by atoms with Crippen molar-refractivity contribution in [2.24, 2.45) is 10.2 Å². The van der Waals surface area contributed by atoms with Crippen LogP contribution in [0.3, 0.4) is 0 Å². The van der Waals surface area contributed by atoms with Crippen LogP contribution in [-0.4, -0.2) is 137 Å². The number of esters is 3. The molecule has 3 fully saturated rings. The number of ether oxygens (including phenoxy) is 13. The van der Waals surface area contributed by atoms with E-state index in [1.807, 2.05) is 97.9 Å². The highest BCUT2D eigenvalue weighted by Gasteiger charge is 2.57. The van der Waals surface area contributed by atoms with Gasteiger partial charge in [0.2, 0.25) is 0 Å². The summed E-state index contributed by atoms with van der Waals surface area (Å²) in [5.41, 5.74) is 22.9. The number of carbonyl (C=O) groups is 3. The number of carbonyl (C=O) groups excluding carboxylic acids is 3. The first-order valence-corrected chi connectivity index (χ1v) is 26.1. The zero-order valence-electron chi connectivity index (χ0n) is 44.6. The maximum Gasteiger partial charge on any atom is 0.338 e. The fourth-order valence-electron chi connectivity index (χ4n) is 9.74. The Morgan fingerprint density at radius 3 is 1.38 bits per heavy atom. The third-order valence-corrected chi connectivity index (χ3v) is 13.6. The molecule has 0 amide bonds. The van der Waals surface area contributed by atoms with E-state index in [0.29, 0.717) is 12.0 Å². The molecular weight excluding hydrogens is 1040 g/mol. The van der Waals surface area contributed by atoms with Crippen molar-refractivity contribution in [3.8, 4) is 0 Å². The Labute approximate surface area is 462 Å². The molecule has 5 aromatic carbocycles. The molecule has 0 radical (unpaired) electrons. The Morgan fingerprint density at radius 1 is 0.475 bits per heavy atom. The first-order chi connectivity index (χ1) is 39.1. The highest BCUT2D eigenvalue weighted by atomic mass is 16.8. The summed E-state index contributed by atoms with van der Waals surface area (Å²) in [5, 5.41) is 8.27. The molecule has 422 valence electrons. The molecular formula is C58H64N6O16. The molecule has 3 aliphatic rings. The molecule has 0 bridgehead atoms. The van der Waals surface area contributed by atoms with E-state index in [9.17, 15) is 25.4 Å². The molecule has 0 aromatic heterocycles. The van der Waals surface area contributed by atoms with E-state index in [0.717, 1.165) is 11.1 Å². The number of benzene rings is 5. The molecule has 0 aliphatic carbocycles. The van der Waals surface area contributed by atoms with Crippen molar-refractivity contribution in [3.05, 3.63) is 200 Å². The smallest absolute Gasteiger partial charge is 0.338 e. The van der Waals surface area contributed by atoms with Crippen molar-refractivity contribution < 1.29 is 76.0 Å². The van der Waals surface area contributed by atoms with E-state index in [1.54, 1.807) is 60.7 Å². The second-order valence-electron chi connectivity index (χ2n) is 18.9. The molecule has 0 spiro atoms. The summed E-state index contributed by atoms with van der Waals surface area (Å²) in [5.74, 6) is -2.16. The van der Waals surface area contributed by atoms with E-state index in [1.165, 1.54) is 21.1 Å². The molecule has 8 rings (SSSR count). The van der Waals surface area contributed by atoms with Crippen molar-refractivity contribution in [2.75, 3.05) is 27.4 Å². The molecule has 0 N–H and O–H groups in total. The quantitative estimate of drug-likeness (QED) is 0.0174. The zero-order valence-corrected chi connectivity index (χ0v) is 44.6. The normalized spacial score (nSPS) is 28.3. The van der Waals surface area contributed by atoms with Crippen LogP contribution in [0.15, 0.2) is 162 Å². The molecule has 22 nitrogen and oxygen atoms in total. The Kier molecular flexibility index (Phi) is 21.9. The molecule has 80 heavy (non-hydrogen) atoms. The van der Waals surface area contributed by atoms with E-state index < -0.39 is 123 Å². The second kappa shape index (κ2) is 29.8. The Balaban J connectivity index is 1.23. The predicted octanol–water partition coefficient (Wildman–Crippen LogP) is 8.76. The first kappa shape index (κ1) is 58.9. The van der Waals surface area contributed by atoms with Crippen molar-refractivity contribution in [1.82, 2.24) is 0 Å². The average molecular weight is 1100 g/mol. The number of methoxy groups -OCH3 is 2. The number of azide groups is 2. The van der Waals surface area contributed by atoms with E-state index in [2.05, 4.69) is 20.1 Å². The van der Waals surface area contributed by atoms with Crippen LogP contribution in [-0.2, 0) is 86.2 Å². The van der Waals surface area contributed by atoms with Crippen LogP contribution in [0.2, 0.25) is 0 Å². The predicted molar refractivity (Wildman–Crippen MR) is 284 cm³/mol. The molecule has 15 atom stereocenters. The fourth-order valence-corrected chi connectivity index (χ4v) is 9.74. The van der Waals surface area contributed by atoms with Crippen LogP contribution < -0.4 is 0 Å². The van der Waals surface area contributed by atoms with Gasteiger partial charge in [-0.2, -0.15) is 0 Å². The van der Waals surface area contributed by atoms with E-state index in [-0.39, 0.29) is 30.9 Å². The summed E-state index contributed by atoms with van der Waals surface area (Å²) in [7, 11) is 2.83. The van der Waals surface area contributed by atoms with Gasteiger partial charge in [0.05, 0.1) is 37.1 Å². The average Bonchev–Trinajstić information content (AvgIpc) is 3.51. The number of hydrogen-bond donors (Lipinski definition) is 0. The molecule has 3 heterocycles. The van der Waals surface area contributed by atoms with Crippen molar-refractivity contribution in [1.29, 1.82) is 0 Å². The maximum absolute atomic E-state index is 14.6. The van der Waals surface area contributed by atoms with E-state index in [4.69, 9.17) is 61.6 Å². The van der Waals surface area contributed by atoms with Crippen LogP contribution in [0.1, 0.15) is 57.7 Å². The van der Waals surface area contributed by atoms with Gasteiger partial charge in [-0.15, -0.1) is 0 Å². The standard InChI is InChI=1S/C58H64N6O16/c1-5-42-48(51(45(61-63-59)56(69-4)75-42)72-32-38-23-13-7-14-24-38)80-58-53(78-55(67)41-29-19-10-20-30-41)52(73-33-39-25-15-8-16-26-39)49(44(77-58)34-70-36(2)65)79-57-46(62-64-60)50(71-31-37-21-11-6-12-22-37)47(68-3)43(76-57)35-74-54(66)40-27-17-9-18-28-40/h6-30,42-53,56-58H,5,31-35H2,1-4H3/t42?,43?,44-,45-,46-,47?,48?,49+,50+,51+,52?,53?,56?,57?,58-/m0/s1. The van der Waals surface area contributed by atoms with Crippen LogP contribution in [0.5, 0.6) is 0 Å². The van der Waals surface area contributed by atoms with Gasteiger partial charge >= 0.3 is 17.9 Å². The lowest BCUT2D eigenvalue weighted by Gasteiger charge is -2.51. The van der Waals surface area contributed by atoms with Crippen molar-refractivity contribution >= 4 is 17.9 Å². The van der Waals surface area contributed by atoms with Crippen LogP contribution >= 0.6 is 0 Å². The minimum Gasteiger partial charge on any atom is -0.463 e. The molecule has 3 aliphatic heterocycles. The minimum absolute atomic E-state index is 0.0123. The van der Waals surface area contributed by atoms with Crippen molar-refractivity contribution in [2.45, 2.75) is 132 Å². The van der Waals surface area contributed by atoms with Gasteiger partial charge in [0.15, 0.2) is 25.0 Å². The van der Waals surface area contributed by atoms with E-state index >= 15 is 0 Å². The molecule has 0 saturated carbocycles. The van der Waals surface area contributed by atoms with Gasteiger partial charge in [0.25, 0.3) is 0 Å². The first-order valence-electron chi connectivity index (χ1n) is 26.1. The minimum atomic E-state index is -1.62. The van der Waals surface area contributed by atoms with Crippen LogP contribution in [0.25, 0.3) is 20.9 Å². The Bertz CT molecular complexity index is 2820. The Morgan fingerprint density at radius 2 is 0.887 bits per heavy atom. The third-order valence-electron chi connectivity index (χ3n) is 13.6. The summed E-state index contributed by atoms with van der Waals surface area (Å²) in [6.07, 6.45) is -16.2. The number of nitrogens with zero attached hydrogens (tertiary/aromatic N) is 6. The molecule has 5 aromatic rings. The summed E-state index contributed by atoms with van der Waals surface area (Å²) in [6.45, 7) is 2.11. The summed E-state index contributed by atoms with van der Waals surface area (Å²) in [6, 6.07) is 41.8. The fraction of sp³-hybridized carbons (Fsp3) is 0.431. The topological polar surface area (TPSA) is 269 Å². The largest absolute Gasteiger partial charge is 0.463 e. The summed E-state index contributed by atoms with van der Waals surface area (Å²) in [4.78, 5) is 47.2. The summed E-state index contributed by atoms with van der Waals surface area (Å²) < 4.78 is 84.0. The van der Waals surface area contributed by atoms with Gasteiger partial charge in [-0.3, -0.25) is 4.79 Å². The van der Waals surface area contributed by atoms with Crippen LogP contribution in [0, 0.1) is 0 Å². The zero-order chi connectivity index (χ0) is 56.2. The molecule has 8 unspecified atom stereocenters. The summed E-state index contributed by atoms with van der Waals surface area (Å²) >= 11 is 0.